The number of aryl methyl sites for hydroxylation is 1. The molecule has 0 fully saturated rings. The first kappa shape index (κ1) is 18.7. The molecule has 0 saturated heterocycles. The molecular formula is C17H15ClN2O4S. The van der Waals surface area contributed by atoms with Crippen LogP contribution in [0, 0.1) is 6.92 Å². The van der Waals surface area contributed by atoms with Gasteiger partial charge in [0, 0.05) is 5.69 Å². The van der Waals surface area contributed by atoms with Gasteiger partial charge in [0.25, 0.3) is 5.91 Å². The lowest BCUT2D eigenvalue weighted by molar-refractivity contribution is -0.121. The van der Waals surface area contributed by atoms with E-state index in [9.17, 15) is 9.59 Å². The molecule has 130 valence electrons. The summed E-state index contributed by atoms with van der Waals surface area (Å²) in [4.78, 5) is 22.7. The Morgan fingerprint density at radius 2 is 1.88 bits per heavy atom. The topological polar surface area (TPSA) is 87.7 Å². The summed E-state index contributed by atoms with van der Waals surface area (Å²) in [5, 5.41) is 14.3. The molecule has 0 heterocycles. The zero-order valence-corrected chi connectivity index (χ0v) is 14.8. The number of thiocarbonyl (C=S) groups is 1. The summed E-state index contributed by atoms with van der Waals surface area (Å²) in [6.07, 6.45) is 0. The number of hydrogen-bond donors (Lipinski definition) is 3. The number of rotatable bonds is 5. The summed E-state index contributed by atoms with van der Waals surface area (Å²) < 4.78 is 5.35. The van der Waals surface area contributed by atoms with Crippen LogP contribution < -0.4 is 15.4 Å². The Morgan fingerprint density at radius 1 is 1.20 bits per heavy atom. The van der Waals surface area contributed by atoms with Gasteiger partial charge in [0.1, 0.15) is 5.75 Å². The number of carbonyl (C=O) groups excluding carboxylic acids is 1. The van der Waals surface area contributed by atoms with Crippen LogP contribution in [0.5, 0.6) is 5.75 Å². The monoisotopic (exact) mass is 378 g/mol. The fourth-order valence-corrected chi connectivity index (χ4v) is 2.37. The second-order valence-electron chi connectivity index (χ2n) is 5.10. The number of benzene rings is 2. The number of anilines is 1. The van der Waals surface area contributed by atoms with Crippen molar-refractivity contribution >= 4 is 46.5 Å². The summed E-state index contributed by atoms with van der Waals surface area (Å²) in [6.45, 7) is 1.76. The maximum absolute atomic E-state index is 11.8. The molecular weight excluding hydrogens is 364 g/mol. The molecule has 0 bridgehead atoms. The number of hydrogen-bond acceptors (Lipinski definition) is 4. The molecule has 25 heavy (non-hydrogen) atoms. The van der Waals surface area contributed by atoms with Crippen molar-refractivity contribution < 1.29 is 19.4 Å². The Labute approximate surface area is 154 Å². The van der Waals surface area contributed by atoms with Gasteiger partial charge >= 0.3 is 5.97 Å². The summed E-state index contributed by atoms with van der Waals surface area (Å²) in [6, 6.07) is 11.5. The molecule has 3 N–H and O–H groups in total. The van der Waals surface area contributed by atoms with Crippen molar-refractivity contribution in [3.63, 3.8) is 0 Å². The van der Waals surface area contributed by atoms with Gasteiger partial charge in [-0.25, -0.2) is 4.79 Å². The lowest BCUT2D eigenvalue weighted by Gasteiger charge is -2.11. The van der Waals surface area contributed by atoms with Crippen LogP contribution in [0.2, 0.25) is 5.02 Å². The van der Waals surface area contributed by atoms with Crippen molar-refractivity contribution in [1.29, 1.82) is 0 Å². The first-order chi connectivity index (χ1) is 11.8. The fourth-order valence-electron chi connectivity index (χ4n) is 1.87. The van der Waals surface area contributed by atoms with Crippen LogP contribution in [-0.4, -0.2) is 28.7 Å². The lowest BCUT2D eigenvalue weighted by Crippen LogP contribution is -2.37. The van der Waals surface area contributed by atoms with Crippen LogP contribution in [0.25, 0.3) is 0 Å². The van der Waals surface area contributed by atoms with Gasteiger partial charge in [-0.15, -0.1) is 0 Å². The standard InChI is InChI=1S/C17H15ClN2O4S/c1-10-2-5-12(6-3-10)24-9-15(21)20-17(25)19-11-4-7-13(16(22)23)14(18)8-11/h2-8H,9H2,1H3,(H,22,23)(H2,19,20,21,25). The molecule has 0 radical (unpaired) electrons. The van der Waals surface area contributed by atoms with Crippen molar-refractivity contribution in [2.24, 2.45) is 0 Å². The van der Waals surface area contributed by atoms with E-state index in [4.69, 9.17) is 33.7 Å². The van der Waals surface area contributed by atoms with E-state index < -0.39 is 11.9 Å². The maximum atomic E-state index is 11.8. The molecule has 0 aliphatic carbocycles. The van der Waals surface area contributed by atoms with Gasteiger partial charge < -0.3 is 15.2 Å². The molecule has 0 aromatic heterocycles. The van der Waals surface area contributed by atoms with Crippen LogP contribution in [0.1, 0.15) is 15.9 Å². The minimum atomic E-state index is -1.12. The number of halogens is 1. The Hall–Kier alpha value is -2.64. The number of carboxylic acids is 1. The molecule has 0 unspecified atom stereocenters. The number of nitrogens with one attached hydrogen (secondary N) is 2. The average molecular weight is 379 g/mol. The van der Waals surface area contributed by atoms with Gasteiger partial charge in [-0.2, -0.15) is 0 Å². The van der Waals surface area contributed by atoms with E-state index in [1.54, 1.807) is 12.1 Å². The number of carbonyl (C=O) groups is 2. The molecule has 0 aliphatic rings. The molecule has 1 amide bonds. The molecule has 6 nitrogen and oxygen atoms in total. The predicted octanol–water partition coefficient (Wildman–Crippen LogP) is 3.24. The molecule has 2 rings (SSSR count). The quantitative estimate of drug-likeness (QED) is 0.692. The second kappa shape index (κ2) is 8.46. The fraction of sp³-hybridized carbons (Fsp3) is 0.118. The van der Waals surface area contributed by atoms with E-state index in [-0.39, 0.29) is 22.3 Å². The first-order valence-electron chi connectivity index (χ1n) is 7.18. The number of amides is 1. The molecule has 0 spiro atoms. The van der Waals surface area contributed by atoms with Crippen LogP contribution >= 0.6 is 23.8 Å². The Morgan fingerprint density at radius 3 is 2.48 bits per heavy atom. The Bertz CT molecular complexity index is 809. The second-order valence-corrected chi connectivity index (χ2v) is 5.92. The third kappa shape index (κ3) is 5.74. The smallest absolute Gasteiger partial charge is 0.337 e. The average Bonchev–Trinajstić information content (AvgIpc) is 2.54. The number of aromatic carboxylic acids is 1. The van der Waals surface area contributed by atoms with Gasteiger partial charge in [0.05, 0.1) is 10.6 Å². The minimum absolute atomic E-state index is 0.0198. The maximum Gasteiger partial charge on any atom is 0.337 e. The summed E-state index contributed by atoms with van der Waals surface area (Å²) in [7, 11) is 0. The van der Waals surface area contributed by atoms with Crippen LogP contribution in [0.4, 0.5) is 5.69 Å². The van der Waals surface area contributed by atoms with E-state index in [1.807, 2.05) is 19.1 Å². The van der Waals surface area contributed by atoms with Crippen molar-refractivity contribution in [1.82, 2.24) is 5.32 Å². The number of carboxylic acid groups (broad SMARTS) is 1. The molecule has 2 aromatic rings. The van der Waals surface area contributed by atoms with E-state index in [2.05, 4.69) is 10.6 Å². The minimum Gasteiger partial charge on any atom is -0.484 e. The summed E-state index contributed by atoms with van der Waals surface area (Å²) in [5.41, 5.74) is 1.53. The SMILES string of the molecule is Cc1ccc(OCC(=O)NC(=S)Nc2ccc(C(=O)O)c(Cl)c2)cc1. The van der Waals surface area contributed by atoms with Gasteiger partial charge in [0.2, 0.25) is 0 Å². The highest BCUT2D eigenvalue weighted by atomic mass is 35.5. The van der Waals surface area contributed by atoms with Gasteiger partial charge in [0.15, 0.2) is 11.7 Å². The molecule has 0 atom stereocenters. The van der Waals surface area contributed by atoms with Gasteiger partial charge in [-0.1, -0.05) is 29.3 Å². The van der Waals surface area contributed by atoms with Crippen molar-refractivity contribution in [3.05, 3.63) is 58.6 Å². The lowest BCUT2D eigenvalue weighted by atomic mass is 10.2. The van der Waals surface area contributed by atoms with E-state index in [0.717, 1.165) is 5.56 Å². The van der Waals surface area contributed by atoms with E-state index >= 15 is 0 Å². The van der Waals surface area contributed by atoms with Crippen LogP contribution in [0.15, 0.2) is 42.5 Å². The highest BCUT2D eigenvalue weighted by molar-refractivity contribution is 7.80. The van der Waals surface area contributed by atoms with Crippen molar-refractivity contribution in [2.45, 2.75) is 6.92 Å². The highest BCUT2D eigenvalue weighted by Gasteiger charge is 2.10. The number of ether oxygens (including phenoxy) is 1. The molecule has 0 aliphatic heterocycles. The largest absolute Gasteiger partial charge is 0.484 e. The van der Waals surface area contributed by atoms with E-state index in [1.165, 1.54) is 18.2 Å². The summed E-state index contributed by atoms with van der Waals surface area (Å²) in [5.74, 6) is -0.970. The van der Waals surface area contributed by atoms with Crippen LogP contribution in [0.3, 0.4) is 0 Å². The zero-order chi connectivity index (χ0) is 18.4. The third-order valence-electron chi connectivity index (χ3n) is 3.10. The van der Waals surface area contributed by atoms with Crippen molar-refractivity contribution in [2.75, 3.05) is 11.9 Å². The van der Waals surface area contributed by atoms with Crippen LogP contribution in [-0.2, 0) is 4.79 Å². The zero-order valence-electron chi connectivity index (χ0n) is 13.2. The van der Waals surface area contributed by atoms with Crippen molar-refractivity contribution in [3.8, 4) is 5.75 Å². The van der Waals surface area contributed by atoms with Gasteiger partial charge in [-0.3, -0.25) is 10.1 Å². The Balaban J connectivity index is 1.85. The first-order valence-corrected chi connectivity index (χ1v) is 7.97. The Kier molecular flexibility index (Phi) is 6.32. The molecule has 8 heteroatoms. The van der Waals surface area contributed by atoms with E-state index in [0.29, 0.717) is 11.4 Å². The normalized spacial score (nSPS) is 10.0. The molecule has 2 aromatic carbocycles. The van der Waals surface area contributed by atoms with Gasteiger partial charge in [-0.05, 0) is 49.5 Å². The summed E-state index contributed by atoms with van der Waals surface area (Å²) >= 11 is 10.9. The molecule has 0 saturated carbocycles. The highest BCUT2D eigenvalue weighted by Crippen LogP contribution is 2.21. The predicted molar refractivity (Wildman–Crippen MR) is 99.4 cm³/mol. The third-order valence-corrected chi connectivity index (χ3v) is 3.62.